The Kier molecular flexibility index (Phi) is 11.4. The molecule has 0 spiro atoms. The van der Waals surface area contributed by atoms with Crippen LogP contribution in [0.5, 0.6) is 0 Å². The molecule has 14 rings (SSSR count). The highest BCUT2D eigenvalue weighted by Crippen LogP contribution is 2.45. The Morgan fingerprint density at radius 1 is 0.289 bits per heavy atom. The Bertz CT molecular complexity index is 4290. The van der Waals surface area contributed by atoms with Crippen LogP contribution in [0.15, 0.2) is 291 Å². The molecule has 0 saturated carbocycles. The summed E-state index contributed by atoms with van der Waals surface area (Å²) in [5.74, 6) is 0. The van der Waals surface area contributed by atoms with Crippen molar-refractivity contribution in [1.82, 2.24) is 4.57 Å². The zero-order chi connectivity index (χ0) is 50.4. The van der Waals surface area contributed by atoms with Crippen LogP contribution < -0.4 is 4.90 Å². The van der Waals surface area contributed by atoms with Crippen LogP contribution in [-0.2, 0) is 0 Å². The summed E-state index contributed by atoms with van der Waals surface area (Å²) in [5, 5.41) is 7.58. The monoisotopic (exact) mass is 968 g/mol. The third-order valence-electron chi connectivity index (χ3n) is 15.4. The Morgan fingerprint density at radius 3 is 1.42 bits per heavy atom. The number of aromatic nitrogens is 1. The van der Waals surface area contributed by atoms with Gasteiger partial charge in [-0.25, -0.2) is 0 Å². The largest absolute Gasteiger partial charge is 0.310 e. The molecular formula is C74H52N2. The first-order valence-corrected chi connectivity index (χ1v) is 26.5. The van der Waals surface area contributed by atoms with Gasteiger partial charge in [-0.05, 0) is 174 Å². The standard InChI is InChI=1S/C74H52N2/c1-4-17-51(18-5-1)60-47-61(52-19-6-2-7-20-52)49-62(48-60)55-39-44-65(45-40-55)75(64-42-37-54(38-43-64)53-33-35-58(36-34-53)68-30-15-23-56-21-10-12-28-67(56)68)66-27-14-24-59(50-66)70-31-16-32-71-74(70)73-69-29-13-11-22-57(69)41-46-72(73)76(71)63-25-8-3-9-26-63/h1-2,4-8,10-50H,3,9H2. The molecule has 358 valence electrons. The fourth-order valence-electron chi connectivity index (χ4n) is 11.7. The van der Waals surface area contributed by atoms with E-state index in [9.17, 15) is 0 Å². The lowest BCUT2D eigenvalue weighted by Crippen LogP contribution is -2.10. The average molecular weight is 969 g/mol. The lowest BCUT2D eigenvalue weighted by atomic mass is 9.93. The molecule has 0 radical (unpaired) electrons. The molecule has 0 unspecified atom stereocenters. The molecule has 0 atom stereocenters. The van der Waals surface area contributed by atoms with Crippen LogP contribution in [0.3, 0.4) is 0 Å². The molecule has 76 heavy (non-hydrogen) atoms. The second-order valence-corrected chi connectivity index (χ2v) is 19.9. The summed E-state index contributed by atoms with van der Waals surface area (Å²) in [6.45, 7) is 0. The highest BCUT2D eigenvalue weighted by atomic mass is 15.1. The predicted molar refractivity (Wildman–Crippen MR) is 324 cm³/mol. The van der Waals surface area contributed by atoms with Gasteiger partial charge < -0.3 is 9.47 Å². The summed E-state index contributed by atoms with van der Waals surface area (Å²) < 4.78 is 2.48. The molecular weight excluding hydrogens is 917 g/mol. The van der Waals surface area contributed by atoms with Crippen molar-refractivity contribution in [3.63, 3.8) is 0 Å². The normalized spacial score (nSPS) is 12.4. The van der Waals surface area contributed by atoms with Gasteiger partial charge in [-0.3, -0.25) is 0 Å². The molecule has 2 heteroatoms. The van der Waals surface area contributed by atoms with Crippen molar-refractivity contribution in [2.24, 2.45) is 0 Å². The second kappa shape index (κ2) is 19.3. The van der Waals surface area contributed by atoms with Crippen LogP contribution in [0.4, 0.5) is 17.1 Å². The van der Waals surface area contributed by atoms with Gasteiger partial charge in [-0.2, -0.15) is 0 Å². The van der Waals surface area contributed by atoms with E-state index in [2.05, 4.69) is 301 Å². The first-order chi connectivity index (χ1) is 37.7. The van der Waals surface area contributed by atoms with E-state index >= 15 is 0 Å². The Hall–Kier alpha value is -9.76. The molecule has 0 saturated heterocycles. The van der Waals surface area contributed by atoms with Crippen molar-refractivity contribution < 1.29 is 0 Å². The first-order valence-electron chi connectivity index (χ1n) is 26.5. The quantitative estimate of drug-likeness (QED) is 0.133. The van der Waals surface area contributed by atoms with Gasteiger partial charge in [0.1, 0.15) is 0 Å². The zero-order valence-corrected chi connectivity index (χ0v) is 42.0. The Morgan fingerprint density at radius 2 is 0.776 bits per heavy atom. The fourth-order valence-corrected chi connectivity index (χ4v) is 11.7. The van der Waals surface area contributed by atoms with Crippen molar-refractivity contribution in [3.05, 3.63) is 291 Å². The molecule has 1 aliphatic carbocycles. The number of anilines is 3. The SMILES string of the molecule is C1=CC(n2c3cccc(-c4cccc(N(c5ccc(-c6ccc(-c7cccc8ccccc78)cc6)cc5)c5ccc(-c6cc(-c7ccccc7)cc(-c7ccccc7)c6)cc5)c4)c3c3c4ccccc4ccc32)=CCC1. The first kappa shape index (κ1) is 44.9. The molecule has 0 bridgehead atoms. The molecule has 2 nitrogen and oxygen atoms in total. The molecule has 0 aliphatic heterocycles. The number of benzene rings is 12. The van der Waals surface area contributed by atoms with Gasteiger partial charge in [0.15, 0.2) is 0 Å². The van der Waals surface area contributed by atoms with Crippen LogP contribution in [-0.4, -0.2) is 4.57 Å². The molecule has 13 aromatic rings. The Balaban J connectivity index is 0.892. The number of hydrogen-bond acceptors (Lipinski definition) is 1. The molecule has 0 fully saturated rings. The van der Waals surface area contributed by atoms with Gasteiger partial charge >= 0.3 is 0 Å². The molecule has 1 heterocycles. The minimum Gasteiger partial charge on any atom is -0.310 e. The van der Waals surface area contributed by atoms with Crippen molar-refractivity contribution in [1.29, 1.82) is 0 Å². The zero-order valence-electron chi connectivity index (χ0n) is 42.0. The second-order valence-electron chi connectivity index (χ2n) is 19.9. The van der Waals surface area contributed by atoms with E-state index in [-0.39, 0.29) is 0 Å². The van der Waals surface area contributed by atoms with Crippen molar-refractivity contribution in [2.45, 2.75) is 12.8 Å². The van der Waals surface area contributed by atoms with Gasteiger partial charge in [0.25, 0.3) is 0 Å². The van der Waals surface area contributed by atoms with Gasteiger partial charge in [0.2, 0.25) is 0 Å². The number of hydrogen-bond donors (Lipinski definition) is 0. The summed E-state index contributed by atoms with van der Waals surface area (Å²) in [7, 11) is 0. The van der Waals surface area contributed by atoms with Crippen molar-refractivity contribution >= 4 is 66.1 Å². The topological polar surface area (TPSA) is 8.17 Å². The van der Waals surface area contributed by atoms with Crippen LogP contribution in [0.2, 0.25) is 0 Å². The van der Waals surface area contributed by atoms with E-state index in [0.29, 0.717) is 0 Å². The molecule has 0 amide bonds. The van der Waals surface area contributed by atoms with E-state index in [0.717, 1.165) is 35.5 Å². The van der Waals surface area contributed by atoms with E-state index in [1.54, 1.807) is 0 Å². The smallest absolute Gasteiger partial charge is 0.0547 e. The molecule has 1 aliphatic rings. The van der Waals surface area contributed by atoms with Crippen LogP contribution in [0, 0.1) is 0 Å². The highest BCUT2D eigenvalue weighted by molar-refractivity contribution is 6.25. The van der Waals surface area contributed by atoms with Crippen LogP contribution in [0.25, 0.3) is 116 Å². The lowest BCUT2D eigenvalue weighted by molar-refractivity contribution is 1.02. The van der Waals surface area contributed by atoms with Crippen molar-refractivity contribution in [3.8, 4) is 66.8 Å². The Labute approximate surface area is 444 Å². The average Bonchev–Trinajstić information content (AvgIpc) is 3.90. The van der Waals surface area contributed by atoms with E-state index in [4.69, 9.17) is 0 Å². The minimum atomic E-state index is 1.03. The van der Waals surface area contributed by atoms with Gasteiger partial charge in [-0.15, -0.1) is 0 Å². The third-order valence-corrected chi connectivity index (χ3v) is 15.4. The highest BCUT2D eigenvalue weighted by Gasteiger charge is 2.21. The lowest BCUT2D eigenvalue weighted by Gasteiger charge is -2.26. The summed E-state index contributed by atoms with van der Waals surface area (Å²) in [5.41, 5.74) is 21.2. The third kappa shape index (κ3) is 8.18. The summed E-state index contributed by atoms with van der Waals surface area (Å²) in [6.07, 6.45) is 9.09. The maximum Gasteiger partial charge on any atom is 0.0547 e. The maximum atomic E-state index is 2.48. The number of nitrogens with zero attached hydrogens (tertiary/aromatic N) is 2. The van der Waals surface area contributed by atoms with E-state index in [1.807, 2.05) is 0 Å². The summed E-state index contributed by atoms with van der Waals surface area (Å²) in [6, 6.07) is 100. The van der Waals surface area contributed by atoms with Gasteiger partial charge in [0.05, 0.1) is 11.0 Å². The number of rotatable bonds is 10. The minimum absolute atomic E-state index is 1.03. The number of allylic oxidation sites excluding steroid dienone is 4. The maximum absolute atomic E-state index is 2.48. The molecule has 1 aromatic heterocycles. The van der Waals surface area contributed by atoms with E-state index in [1.165, 1.54) is 110 Å². The van der Waals surface area contributed by atoms with E-state index < -0.39 is 0 Å². The number of fused-ring (bicyclic) bond motifs is 6. The van der Waals surface area contributed by atoms with Crippen LogP contribution in [0.1, 0.15) is 12.8 Å². The summed E-state index contributed by atoms with van der Waals surface area (Å²) >= 11 is 0. The van der Waals surface area contributed by atoms with Crippen LogP contribution >= 0.6 is 0 Å². The van der Waals surface area contributed by atoms with Gasteiger partial charge in [-0.1, -0.05) is 218 Å². The molecule has 12 aromatic carbocycles. The fraction of sp³-hybridized carbons (Fsp3) is 0.0270. The molecule has 0 N–H and O–H groups in total. The predicted octanol–water partition coefficient (Wildman–Crippen LogP) is 20.8. The summed E-state index contributed by atoms with van der Waals surface area (Å²) in [4.78, 5) is 2.41. The van der Waals surface area contributed by atoms with Gasteiger partial charge in [0, 0.05) is 33.5 Å². The van der Waals surface area contributed by atoms with Crippen molar-refractivity contribution in [2.75, 3.05) is 4.90 Å².